The number of hydrazine groups is 1. The number of aryl methyl sites for hydroxylation is 1. The first kappa shape index (κ1) is 18.2. The summed E-state index contributed by atoms with van der Waals surface area (Å²) in [7, 11) is 0. The van der Waals surface area contributed by atoms with Crippen molar-refractivity contribution >= 4 is 17.3 Å². The van der Waals surface area contributed by atoms with Crippen LogP contribution >= 0.6 is 11.6 Å². The molecule has 5 nitrogen and oxygen atoms in total. The Bertz CT molecular complexity index is 1090. The Kier molecular flexibility index (Phi) is 4.49. The fourth-order valence-electron chi connectivity index (χ4n) is 3.86. The summed E-state index contributed by atoms with van der Waals surface area (Å²) in [6, 6.07) is 17.6. The lowest BCUT2D eigenvalue weighted by molar-refractivity contribution is -0.0347. The van der Waals surface area contributed by atoms with Crippen molar-refractivity contribution in [2.75, 3.05) is 6.61 Å². The lowest BCUT2D eigenvalue weighted by atomic mass is 10.0. The minimum atomic E-state index is -0.424. The lowest BCUT2D eigenvalue weighted by Gasteiger charge is -2.39. The molecule has 0 fully saturated rings. The molecule has 2 aliphatic rings. The van der Waals surface area contributed by atoms with E-state index in [9.17, 15) is 0 Å². The maximum absolute atomic E-state index is 6.53. The van der Waals surface area contributed by atoms with E-state index in [1.165, 1.54) is 0 Å². The van der Waals surface area contributed by atoms with E-state index < -0.39 is 6.23 Å². The molecule has 1 N–H and O–H groups in total. The zero-order chi connectivity index (χ0) is 20.0. The highest BCUT2D eigenvalue weighted by Gasteiger charge is 2.42. The quantitative estimate of drug-likeness (QED) is 0.605. The molecular formula is C23H21ClN2O3. The number of hydrogen-bond donors (Lipinski definition) is 1. The number of para-hydroxylation sites is 1. The summed E-state index contributed by atoms with van der Waals surface area (Å²) in [6.07, 6.45) is 1.73. The minimum absolute atomic E-state index is 0.0548. The number of halogens is 1. The van der Waals surface area contributed by atoms with E-state index >= 15 is 0 Å². The number of benzene rings is 2. The van der Waals surface area contributed by atoms with Gasteiger partial charge in [0.05, 0.1) is 18.3 Å². The van der Waals surface area contributed by atoms with E-state index in [-0.39, 0.29) is 6.04 Å². The van der Waals surface area contributed by atoms with E-state index in [0.29, 0.717) is 11.6 Å². The molecule has 5 rings (SSSR count). The Morgan fingerprint density at radius 1 is 1.07 bits per heavy atom. The number of furan rings is 1. The molecule has 2 atom stereocenters. The molecule has 0 amide bonds. The summed E-state index contributed by atoms with van der Waals surface area (Å²) in [4.78, 5) is 0. The molecule has 0 bridgehead atoms. The van der Waals surface area contributed by atoms with Gasteiger partial charge in [-0.2, -0.15) is 5.01 Å². The average molecular weight is 409 g/mol. The van der Waals surface area contributed by atoms with Crippen LogP contribution in [0.4, 0.5) is 0 Å². The first-order chi connectivity index (χ1) is 14.2. The smallest absolute Gasteiger partial charge is 0.197 e. The molecule has 148 valence electrons. The van der Waals surface area contributed by atoms with Crippen LogP contribution in [-0.4, -0.2) is 11.6 Å². The number of fused-ring (bicyclic) bond motifs is 3. The van der Waals surface area contributed by atoms with Gasteiger partial charge in [-0.1, -0.05) is 41.9 Å². The van der Waals surface area contributed by atoms with Crippen molar-refractivity contribution in [1.29, 1.82) is 0 Å². The van der Waals surface area contributed by atoms with Gasteiger partial charge in [-0.3, -0.25) is 0 Å². The number of nitrogens with one attached hydrogen (secondary N) is 1. The highest BCUT2D eigenvalue weighted by Crippen LogP contribution is 2.50. The van der Waals surface area contributed by atoms with Crippen molar-refractivity contribution < 1.29 is 13.9 Å². The van der Waals surface area contributed by atoms with Crippen molar-refractivity contribution in [2.45, 2.75) is 26.1 Å². The molecule has 0 spiro atoms. The third-order valence-corrected chi connectivity index (χ3v) is 5.51. The number of hydrogen-bond acceptors (Lipinski definition) is 5. The molecule has 3 aromatic rings. The maximum Gasteiger partial charge on any atom is 0.197 e. The van der Waals surface area contributed by atoms with Crippen molar-refractivity contribution in [3.8, 4) is 11.5 Å². The second kappa shape index (κ2) is 7.17. The standard InChI is InChI=1S/C23H21ClN2O3/c1-3-27-21-10-6-8-16-19-13-18(20-12-11-14(2)28-20)25-26(19)23(29-22(16)21)15-7-4-5-9-17(15)24/h4-13,19,23,25H,3H2,1-2H3. The SMILES string of the molecule is CCOc1cccc2c1OC(c1ccccc1Cl)N1NC(c3ccc(C)o3)=CC21. The van der Waals surface area contributed by atoms with E-state index in [4.69, 9.17) is 25.5 Å². The van der Waals surface area contributed by atoms with Gasteiger partial charge in [0.1, 0.15) is 5.76 Å². The van der Waals surface area contributed by atoms with Crippen LogP contribution in [0, 0.1) is 6.92 Å². The molecule has 2 aromatic carbocycles. The summed E-state index contributed by atoms with van der Waals surface area (Å²) in [5.41, 5.74) is 6.28. The number of ether oxygens (including phenoxy) is 2. The largest absolute Gasteiger partial charge is 0.490 e. The molecular weight excluding hydrogens is 388 g/mol. The topological polar surface area (TPSA) is 46.9 Å². The summed E-state index contributed by atoms with van der Waals surface area (Å²) in [5.74, 6) is 3.13. The van der Waals surface area contributed by atoms with Crippen LogP contribution in [0.25, 0.3) is 5.70 Å². The lowest BCUT2D eigenvalue weighted by Crippen LogP contribution is -2.43. The molecule has 2 unspecified atom stereocenters. The zero-order valence-electron chi connectivity index (χ0n) is 16.2. The maximum atomic E-state index is 6.53. The summed E-state index contributed by atoms with van der Waals surface area (Å²) >= 11 is 6.53. The van der Waals surface area contributed by atoms with Gasteiger partial charge in [-0.25, -0.2) is 0 Å². The highest BCUT2D eigenvalue weighted by molar-refractivity contribution is 6.31. The predicted octanol–water partition coefficient (Wildman–Crippen LogP) is 5.63. The Morgan fingerprint density at radius 3 is 2.66 bits per heavy atom. The van der Waals surface area contributed by atoms with E-state index in [2.05, 4.69) is 22.6 Å². The van der Waals surface area contributed by atoms with Crippen LogP contribution in [0.3, 0.4) is 0 Å². The van der Waals surface area contributed by atoms with Crippen LogP contribution in [0.2, 0.25) is 5.02 Å². The van der Waals surface area contributed by atoms with Gasteiger partial charge in [0, 0.05) is 16.1 Å². The van der Waals surface area contributed by atoms with Crippen molar-refractivity contribution in [1.82, 2.24) is 10.4 Å². The zero-order valence-corrected chi connectivity index (χ0v) is 16.9. The van der Waals surface area contributed by atoms with Gasteiger partial charge in [-0.05, 0) is 44.2 Å². The highest BCUT2D eigenvalue weighted by atomic mass is 35.5. The van der Waals surface area contributed by atoms with E-state index in [1.54, 1.807) is 0 Å². The Balaban J connectivity index is 1.63. The minimum Gasteiger partial charge on any atom is -0.490 e. The molecule has 6 heteroatoms. The number of rotatable bonds is 4. The van der Waals surface area contributed by atoms with Crippen molar-refractivity contribution in [3.63, 3.8) is 0 Å². The van der Waals surface area contributed by atoms with Crippen molar-refractivity contribution in [2.24, 2.45) is 0 Å². The third-order valence-electron chi connectivity index (χ3n) is 5.16. The summed E-state index contributed by atoms with van der Waals surface area (Å²) < 4.78 is 18.2. The first-order valence-corrected chi connectivity index (χ1v) is 10.0. The second-order valence-electron chi connectivity index (χ2n) is 7.05. The Morgan fingerprint density at radius 2 is 1.90 bits per heavy atom. The molecule has 0 radical (unpaired) electrons. The van der Waals surface area contributed by atoms with Gasteiger partial charge in [-0.15, -0.1) is 0 Å². The molecule has 2 aliphatic heterocycles. The Hall–Kier alpha value is -2.89. The van der Waals surface area contributed by atoms with Crippen LogP contribution in [-0.2, 0) is 0 Å². The van der Waals surface area contributed by atoms with Gasteiger partial charge in [0.25, 0.3) is 0 Å². The van der Waals surface area contributed by atoms with E-state index in [1.807, 2.05) is 62.4 Å². The van der Waals surface area contributed by atoms with Gasteiger partial charge in [0.2, 0.25) is 0 Å². The first-order valence-electron chi connectivity index (χ1n) is 9.66. The number of nitrogens with zero attached hydrogens (tertiary/aromatic N) is 1. The molecule has 29 heavy (non-hydrogen) atoms. The molecule has 1 aromatic heterocycles. The Labute approximate surface area is 174 Å². The normalized spacial score (nSPS) is 20.3. The average Bonchev–Trinajstić information content (AvgIpc) is 3.35. The monoisotopic (exact) mass is 408 g/mol. The van der Waals surface area contributed by atoms with Crippen LogP contribution in [0.15, 0.2) is 65.1 Å². The van der Waals surface area contributed by atoms with Crippen LogP contribution in [0.5, 0.6) is 11.5 Å². The molecule has 0 saturated heterocycles. The van der Waals surface area contributed by atoms with Crippen LogP contribution in [0.1, 0.15) is 41.8 Å². The van der Waals surface area contributed by atoms with Gasteiger partial charge >= 0.3 is 0 Å². The van der Waals surface area contributed by atoms with Crippen molar-refractivity contribution in [3.05, 3.63) is 88.3 Å². The fourth-order valence-corrected chi connectivity index (χ4v) is 4.09. The predicted molar refractivity (Wildman–Crippen MR) is 112 cm³/mol. The third kappa shape index (κ3) is 3.07. The van der Waals surface area contributed by atoms with E-state index in [0.717, 1.165) is 39.8 Å². The summed E-state index contributed by atoms with van der Waals surface area (Å²) in [5, 5.41) is 2.71. The molecule has 3 heterocycles. The van der Waals surface area contributed by atoms with Gasteiger partial charge in [0.15, 0.2) is 23.5 Å². The fraction of sp³-hybridized carbons (Fsp3) is 0.217. The summed E-state index contributed by atoms with van der Waals surface area (Å²) in [6.45, 7) is 4.47. The molecule has 0 aliphatic carbocycles. The van der Waals surface area contributed by atoms with Gasteiger partial charge < -0.3 is 19.3 Å². The molecule has 0 saturated carbocycles. The second-order valence-corrected chi connectivity index (χ2v) is 7.46. The van der Waals surface area contributed by atoms with Crippen LogP contribution < -0.4 is 14.9 Å².